The van der Waals surface area contributed by atoms with E-state index < -0.39 is 72.2 Å². The number of carbonyl (C=O) groups is 2. The van der Waals surface area contributed by atoms with E-state index in [1.807, 2.05) is 6.08 Å². The first-order valence-corrected chi connectivity index (χ1v) is 16.4. The molecule has 2 heterocycles. The summed E-state index contributed by atoms with van der Waals surface area (Å²) in [4.78, 5) is 26.5. The fraction of sp³-hybridized carbons (Fsp3) is 0.765. The molecule has 0 aromatic rings. The summed E-state index contributed by atoms with van der Waals surface area (Å²) in [5.41, 5.74) is 0.992. The van der Waals surface area contributed by atoms with Crippen molar-refractivity contribution in [3.63, 3.8) is 0 Å². The van der Waals surface area contributed by atoms with Crippen molar-refractivity contribution in [3.05, 3.63) is 34.9 Å². The number of allylic oxidation sites excluding steroid dienone is 4. The van der Waals surface area contributed by atoms with Crippen LogP contribution in [0.2, 0.25) is 0 Å². The monoisotopic (exact) mass is 632 g/mol. The zero-order chi connectivity index (χ0) is 32.4. The van der Waals surface area contributed by atoms with Gasteiger partial charge in [-0.05, 0) is 81.1 Å². The number of hydrogen-bond donors (Lipinski definition) is 6. The molecule has 0 bridgehead atoms. The van der Waals surface area contributed by atoms with Crippen molar-refractivity contribution in [2.45, 2.75) is 102 Å². The van der Waals surface area contributed by atoms with Gasteiger partial charge in [0.05, 0.1) is 30.3 Å². The minimum Gasteiger partial charge on any atom is -0.458 e. The fourth-order valence-electron chi connectivity index (χ4n) is 10.0. The van der Waals surface area contributed by atoms with Gasteiger partial charge in [0.2, 0.25) is 0 Å². The largest absolute Gasteiger partial charge is 0.458 e. The molecule has 0 aromatic carbocycles. The minimum absolute atomic E-state index is 0.0540. The van der Waals surface area contributed by atoms with Crippen molar-refractivity contribution in [2.75, 3.05) is 19.8 Å². The van der Waals surface area contributed by atoms with Crippen LogP contribution >= 0.6 is 0 Å². The number of carbonyl (C=O) groups excluding carboxylic acids is 2. The molecule has 0 spiro atoms. The summed E-state index contributed by atoms with van der Waals surface area (Å²) < 4.78 is 17.0. The third-order valence-electron chi connectivity index (χ3n) is 12.8. The molecule has 11 nitrogen and oxygen atoms in total. The van der Waals surface area contributed by atoms with Crippen LogP contribution < -0.4 is 0 Å². The molecular weight excluding hydrogens is 584 g/mol. The molecule has 6 rings (SSSR count). The quantitative estimate of drug-likeness (QED) is 0.174. The second-order valence-electron chi connectivity index (χ2n) is 14.6. The van der Waals surface area contributed by atoms with E-state index in [-0.39, 0.29) is 48.2 Å². The lowest BCUT2D eigenvalue weighted by Gasteiger charge is -2.58. The highest BCUT2D eigenvalue weighted by Gasteiger charge is 2.64. The number of esters is 1. The maximum Gasteiger partial charge on any atom is 0.336 e. The second-order valence-corrected chi connectivity index (χ2v) is 14.6. The van der Waals surface area contributed by atoms with E-state index in [4.69, 9.17) is 14.2 Å². The lowest BCUT2D eigenvalue weighted by Crippen LogP contribution is -2.59. The van der Waals surface area contributed by atoms with Gasteiger partial charge in [0.15, 0.2) is 12.1 Å². The molecule has 14 atom stereocenters. The summed E-state index contributed by atoms with van der Waals surface area (Å²) >= 11 is 0. The molecule has 6 aliphatic rings. The second kappa shape index (κ2) is 12.2. The summed E-state index contributed by atoms with van der Waals surface area (Å²) in [6, 6.07) is 0. The zero-order valence-electron chi connectivity index (χ0n) is 26.2. The SMILES string of the molecule is CC1=C(CO[C@@H]2O[C@H](CO)[C@@H](O)[C@H](O)[C@H]2O)C(=O)OC([C@@H](CO)[C@H]2CC[C@H]3[C@@H]4CC=C5CC=CC(=O)[C@]5(C)[C@H]4C[C@H](O)[C@]23C)C1. The molecule has 3 fully saturated rings. The number of ketones is 1. The Morgan fingerprint density at radius 1 is 1.04 bits per heavy atom. The first-order chi connectivity index (χ1) is 21.4. The van der Waals surface area contributed by atoms with Gasteiger partial charge in [-0.15, -0.1) is 0 Å². The van der Waals surface area contributed by atoms with Crippen LogP contribution in [0.3, 0.4) is 0 Å². The average molecular weight is 633 g/mol. The molecule has 0 radical (unpaired) electrons. The summed E-state index contributed by atoms with van der Waals surface area (Å²) in [7, 11) is 0. The zero-order valence-corrected chi connectivity index (χ0v) is 26.2. The van der Waals surface area contributed by atoms with E-state index in [0.717, 1.165) is 31.3 Å². The van der Waals surface area contributed by atoms with Gasteiger partial charge in [0.1, 0.15) is 30.5 Å². The number of aliphatic hydroxyl groups excluding tert-OH is 6. The van der Waals surface area contributed by atoms with Crippen molar-refractivity contribution in [3.8, 4) is 0 Å². The van der Waals surface area contributed by atoms with E-state index in [9.17, 15) is 40.2 Å². The number of aliphatic hydroxyl groups is 6. The molecular formula is C34H48O11. The van der Waals surface area contributed by atoms with Crippen LogP contribution in [0.4, 0.5) is 0 Å². The predicted molar refractivity (Wildman–Crippen MR) is 159 cm³/mol. The van der Waals surface area contributed by atoms with Gasteiger partial charge in [-0.3, -0.25) is 4.79 Å². The van der Waals surface area contributed by atoms with Crippen LogP contribution in [-0.4, -0.2) is 105 Å². The lowest BCUT2D eigenvalue weighted by molar-refractivity contribution is -0.299. The molecule has 1 unspecified atom stereocenters. The van der Waals surface area contributed by atoms with Crippen molar-refractivity contribution in [1.82, 2.24) is 0 Å². The van der Waals surface area contributed by atoms with Crippen LogP contribution in [-0.2, 0) is 23.8 Å². The Morgan fingerprint density at radius 3 is 2.49 bits per heavy atom. The van der Waals surface area contributed by atoms with E-state index in [1.165, 1.54) is 0 Å². The molecule has 250 valence electrons. The van der Waals surface area contributed by atoms with Crippen LogP contribution in [0.25, 0.3) is 0 Å². The number of ether oxygens (including phenoxy) is 3. The van der Waals surface area contributed by atoms with Crippen LogP contribution in [0.5, 0.6) is 0 Å². The molecule has 4 aliphatic carbocycles. The minimum atomic E-state index is -1.60. The Kier molecular flexibility index (Phi) is 8.97. The van der Waals surface area contributed by atoms with E-state index in [2.05, 4.69) is 19.9 Å². The Bertz CT molecular complexity index is 1270. The summed E-state index contributed by atoms with van der Waals surface area (Å²) in [6.45, 7) is 4.88. The topological polar surface area (TPSA) is 183 Å². The van der Waals surface area contributed by atoms with Crippen LogP contribution in [0.15, 0.2) is 34.9 Å². The average Bonchev–Trinajstić information content (AvgIpc) is 3.36. The van der Waals surface area contributed by atoms with Crippen molar-refractivity contribution >= 4 is 11.8 Å². The third-order valence-corrected chi connectivity index (χ3v) is 12.8. The first-order valence-electron chi connectivity index (χ1n) is 16.4. The number of fused-ring (bicyclic) bond motifs is 5. The van der Waals surface area contributed by atoms with Crippen LogP contribution in [0, 0.1) is 40.4 Å². The number of rotatable bonds is 7. The highest BCUT2D eigenvalue weighted by Crippen LogP contribution is 2.66. The number of hydrogen-bond acceptors (Lipinski definition) is 11. The van der Waals surface area contributed by atoms with Gasteiger partial charge >= 0.3 is 5.97 Å². The summed E-state index contributed by atoms with van der Waals surface area (Å²) in [5, 5.41) is 62.4. The van der Waals surface area contributed by atoms with E-state index in [1.54, 1.807) is 13.0 Å². The standard InChI is InChI=1S/C34H48O11/c1-16-11-24(44-31(42)20(16)15-43-32-30(41)29(40)28(39)25(14-36)45-32)19(13-35)22-10-9-21-18-8-7-17-5-4-6-26(37)33(17,2)23(18)12-27(38)34(21,22)3/h4,6-7,18-19,21-25,27-30,32,35-36,38-41H,5,8-15H2,1-3H3/t18-,19-,21-,22+,23-,24?,25+,27-,28+,29-,30+,32+,33-,34-/m0/s1. The molecule has 0 aromatic heterocycles. The fourth-order valence-corrected chi connectivity index (χ4v) is 10.0. The summed E-state index contributed by atoms with van der Waals surface area (Å²) in [5.74, 6) is -0.527. The van der Waals surface area contributed by atoms with Gasteiger partial charge in [0, 0.05) is 18.9 Å². The predicted octanol–water partition coefficient (Wildman–Crippen LogP) is 0.938. The molecule has 2 saturated carbocycles. The Balaban J connectivity index is 1.17. The Labute approximate surface area is 263 Å². The molecule has 6 N–H and O–H groups in total. The van der Waals surface area contributed by atoms with Crippen molar-refractivity contribution < 1.29 is 54.4 Å². The molecule has 0 amide bonds. The van der Waals surface area contributed by atoms with Gasteiger partial charge in [-0.1, -0.05) is 30.2 Å². The van der Waals surface area contributed by atoms with Gasteiger partial charge in [0.25, 0.3) is 0 Å². The maximum atomic E-state index is 13.3. The molecule has 1 saturated heterocycles. The summed E-state index contributed by atoms with van der Waals surface area (Å²) in [6.07, 6.45) is 1.56. The van der Waals surface area contributed by atoms with E-state index >= 15 is 0 Å². The Morgan fingerprint density at radius 2 is 1.80 bits per heavy atom. The van der Waals surface area contributed by atoms with E-state index in [0.29, 0.717) is 18.4 Å². The molecule has 2 aliphatic heterocycles. The maximum absolute atomic E-state index is 13.3. The third kappa shape index (κ3) is 5.09. The first kappa shape index (κ1) is 33.0. The highest BCUT2D eigenvalue weighted by atomic mass is 16.7. The lowest BCUT2D eigenvalue weighted by atomic mass is 9.46. The van der Waals surface area contributed by atoms with Gasteiger partial charge in [-0.2, -0.15) is 0 Å². The highest BCUT2D eigenvalue weighted by molar-refractivity contribution is 5.98. The normalized spacial score (nSPS) is 47.0. The van der Waals surface area contributed by atoms with Crippen molar-refractivity contribution in [1.29, 1.82) is 0 Å². The molecule has 45 heavy (non-hydrogen) atoms. The smallest absolute Gasteiger partial charge is 0.336 e. The van der Waals surface area contributed by atoms with Gasteiger partial charge in [-0.25, -0.2) is 4.79 Å². The van der Waals surface area contributed by atoms with Crippen LogP contribution in [0.1, 0.15) is 59.3 Å². The molecule has 11 heteroatoms. The van der Waals surface area contributed by atoms with Gasteiger partial charge < -0.3 is 44.8 Å². The Hall–Kier alpha value is -1.96. The van der Waals surface area contributed by atoms with Crippen molar-refractivity contribution in [2.24, 2.45) is 40.4 Å². The number of cyclic esters (lactones) is 1.